The Balaban J connectivity index is 1.43. The maximum atomic E-state index is 13.4. The molecular formula is C21H17F2N3O3S. The van der Waals surface area contributed by atoms with Gasteiger partial charge in [-0.05, 0) is 42.0 Å². The highest BCUT2D eigenvalue weighted by Gasteiger charge is 2.21. The molecule has 0 radical (unpaired) electrons. The first kappa shape index (κ1) is 19.8. The van der Waals surface area contributed by atoms with Crippen LogP contribution in [0.25, 0.3) is 0 Å². The van der Waals surface area contributed by atoms with E-state index >= 15 is 0 Å². The van der Waals surface area contributed by atoms with Crippen LogP contribution >= 0.6 is 0 Å². The number of nitrogens with one attached hydrogen (secondary N) is 2. The molecule has 0 aliphatic carbocycles. The number of amides is 1. The maximum Gasteiger partial charge on any atom is 0.253 e. The average molecular weight is 429 g/mol. The van der Waals surface area contributed by atoms with Gasteiger partial charge in [0.15, 0.2) is 0 Å². The highest BCUT2D eigenvalue weighted by atomic mass is 32.2. The van der Waals surface area contributed by atoms with Gasteiger partial charge < -0.3 is 15.5 Å². The quantitative estimate of drug-likeness (QED) is 0.764. The molecule has 0 saturated carbocycles. The summed E-state index contributed by atoms with van der Waals surface area (Å²) in [5.41, 5.74) is 1.17. The van der Waals surface area contributed by atoms with Gasteiger partial charge in [0.1, 0.15) is 17.8 Å². The molecule has 2 aliphatic heterocycles. The molecule has 0 fully saturated rings. The van der Waals surface area contributed by atoms with Gasteiger partial charge in [-0.1, -0.05) is 12.1 Å². The highest BCUT2D eigenvalue weighted by Crippen LogP contribution is 2.23. The van der Waals surface area contributed by atoms with Gasteiger partial charge in [-0.2, -0.15) is 0 Å². The number of nitrogens with zero attached hydrogens (tertiary/aromatic N) is 1. The van der Waals surface area contributed by atoms with Gasteiger partial charge in [0.05, 0.1) is 15.4 Å². The minimum absolute atomic E-state index is 0.0163. The molecule has 0 saturated heterocycles. The van der Waals surface area contributed by atoms with Crippen LogP contribution in [0.15, 0.2) is 88.6 Å². The van der Waals surface area contributed by atoms with Gasteiger partial charge in [0, 0.05) is 31.2 Å². The van der Waals surface area contributed by atoms with Crippen molar-refractivity contribution in [3.63, 3.8) is 0 Å². The van der Waals surface area contributed by atoms with Crippen molar-refractivity contribution in [2.24, 2.45) is 0 Å². The molecular weight excluding hydrogens is 412 g/mol. The van der Waals surface area contributed by atoms with Crippen molar-refractivity contribution >= 4 is 15.7 Å². The summed E-state index contributed by atoms with van der Waals surface area (Å²) in [6, 6.07) is 7.91. The van der Waals surface area contributed by atoms with Crippen LogP contribution in [0.3, 0.4) is 0 Å². The van der Waals surface area contributed by atoms with Crippen LogP contribution in [0.4, 0.5) is 8.78 Å². The van der Waals surface area contributed by atoms with Crippen molar-refractivity contribution < 1.29 is 22.0 Å². The SMILES string of the molecule is O=C(NCc1ccc(S(=O)(=O)c2cc(F)cc(F)c2)cc1)C1=CN2C=CNC2C=C1. The summed E-state index contributed by atoms with van der Waals surface area (Å²) in [5.74, 6) is -2.20. The molecule has 9 heteroatoms. The van der Waals surface area contributed by atoms with Crippen LogP contribution in [-0.2, 0) is 21.2 Å². The predicted octanol–water partition coefficient (Wildman–Crippen LogP) is 2.57. The Morgan fingerprint density at radius 3 is 2.47 bits per heavy atom. The third kappa shape index (κ3) is 3.97. The van der Waals surface area contributed by atoms with Crippen LogP contribution in [0.2, 0.25) is 0 Å². The molecule has 1 atom stereocenters. The molecule has 154 valence electrons. The van der Waals surface area contributed by atoms with Crippen molar-refractivity contribution in [1.82, 2.24) is 15.5 Å². The number of carbonyl (C=O) groups is 1. The van der Waals surface area contributed by atoms with Crippen molar-refractivity contribution in [3.05, 3.63) is 96.0 Å². The number of fused-ring (bicyclic) bond motifs is 1. The molecule has 2 heterocycles. The van der Waals surface area contributed by atoms with E-state index in [9.17, 15) is 22.0 Å². The Hall–Kier alpha value is -3.46. The van der Waals surface area contributed by atoms with Gasteiger partial charge in [0.2, 0.25) is 9.84 Å². The van der Waals surface area contributed by atoms with Crippen LogP contribution in [0.5, 0.6) is 0 Å². The van der Waals surface area contributed by atoms with Crippen LogP contribution in [-0.4, -0.2) is 25.4 Å². The Bertz CT molecular complexity index is 1170. The number of hydrogen-bond acceptors (Lipinski definition) is 5. The second-order valence-electron chi connectivity index (χ2n) is 6.75. The average Bonchev–Trinajstić information content (AvgIpc) is 3.19. The molecule has 30 heavy (non-hydrogen) atoms. The topological polar surface area (TPSA) is 78.5 Å². The van der Waals surface area contributed by atoms with E-state index in [4.69, 9.17) is 0 Å². The minimum Gasteiger partial charge on any atom is -0.366 e. The molecule has 4 rings (SSSR count). The second-order valence-corrected chi connectivity index (χ2v) is 8.70. The number of rotatable bonds is 5. The lowest BCUT2D eigenvalue weighted by molar-refractivity contribution is -0.117. The Kier molecular flexibility index (Phi) is 5.13. The lowest BCUT2D eigenvalue weighted by Crippen LogP contribution is -2.34. The van der Waals surface area contributed by atoms with Gasteiger partial charge in [-0.3, -0.25) is 4.79 Å². The largest absolute Gasteiger partial charge is 0.366 e. The lowest BCUT2D eigenvalue weighted by atomic mass is 10.1. The molecule has 0 bridgehead atoms. The zero-order valence-electron chi connectivity index (χ0n) is 15.5. The summed E-state index contributed by atoms with van der Waals surface area (Å²) in [5, 5.41) is 5.88. The number of sulfone groups is 1. The second kappa shape index (κ2) is 7.75. The van der Waals surface area contributed by atoms with E-state index < -0.39 is 26.4 Å². The third-order valence-corrected chi connectivity index (χ3v) is 6.43. The van der Waals surface area contributed by atoms with Crippen molar-refractivity contribution in [1.29, 1.82) is 0 Å². The monoisotopic (exact) mass is 429 g/mol. The molecule has 1 amide bonds. The Morgan fingerprint density at radius 1 is 1.07 bits per heavy atom. The van der Waals surface area contributed by atoms with E-state index in [1.807, 2.05) is 17.2 Å². The summed E-state index contributed by atoms with van der Waals surface area (Å²) in [6.45, 7) is 0.191. The van der Waals surface area contributed by atoms with E-state index in [2.05, 4.69) is 10.6 Å². The molecule has 2 aliphatic rings. The van der Waals surface area contributed by atoms with Gasteiger partial charge in [-0.15, -0.1) is 0 Å². The predicted molar refractivity (Wildman–Crippen MR) is 105 cm³/mol. The summed E-state index contributed by atoms with van der Waals surface area (Å²) < 4.78 is 51.9. The molecule has 6 nitrogen and oxygen atoms in total. The van der Waals surface area contributed by atoms with Gasteiger partial charge in [0.25, 0.3) is 5.91 Å². The molecule has 0 aromatic heterocycles. The molecule has 2 N–H and O–H groups in total. The molecule has 2 aromatic carbocycles. The summed E-state index contributed by atoms with van der Waals surface area (Å²) >= 11 is 0. The number of carbonyl (C=O) groups excluding carboxylic acids is 1. The van der Waals surface area contributed by atoms with E-state index in [1.54, 1.807) is 18.5 Å². The van der Waals surface area contributed by atoms with E-state index in [0.29, 0.717) is 17.2 Å². The summed E-state index contributed by atoms with van der Waals surface area (Å²) in [7, 11) is -4.06. The van der Waals surface area contributed by atoms with Gasteiger partial charge in [-0.25, -0.2) is 17.2 Å². The standard InChI is InChI=1S/C21H17F2N3O3S/c22-16-9-17(23)11-19(10-16)30(28,29)18-4-1-14(2-5-18)12-25-21(27)15-3-6-20-24-7-8-26(20)13-15/h1-11,13,20,24H,12H2,(H,25,27). The first-order chi connectivity index (χ1) is 14.3. The highest BCUT2D eigenvalue weighted by molar-refractivity contribution is 7.91. The van der Waals surface area contributed by atoms with Crippen LogP contribution in [0, 0.1) is 11.6 Å². The fraction of sp³-hybridized carbons (Fsp3) is 0.0952. The zero-order valence-corrected chi connectivity index (χ0v) is 16.4. The van der Waals surface area contributed by atoms with Crippen LogP contribution < -0.4 is 10.6 Å². The fourth-order valence-corrected chi connectivity index (χ4v) is 4.41. The summed E-state index contributed by atoms with van der Waals surface area (Å²) in [4.78, 5) is 13.7. The van der Waals surface area contributed by atoms with Crippen LogP contribution in [0.1, 0.15) is 5.56 Å². The smallest absolute Gasteiger partial charge is 0.253 e. The third-order valence-electron chi connectivity index (χ3n) is 4.68. The van der Waals surface area contributed by atoms with Crippen molar-refractivity contribution in [2.75, 3.05) is 0 Å². The molecule has 1 unspecified atom stereocenters. The Morgan fingerprint density at radius 2 is 1.77 bits per heavy atom. The van der Waals surface area contributed by atoms with E-state index in [1.165, 1.54) is 24.3 Å². The normalized spacial score (nSPS) is 17.3. The maximum absolute atomic E-state index is 13.4. The summed E-state index contributed by atoms with van der Waals surface area (Å²) in [6.07, 6.45) is 8.95. The Labute approximate surface area is 172 Å². The molecule has 2 aromatic rings. The van der Waals surface area contributed by atoms with Crippen molar-refractivity contribution in [2.45, 2.75) is 22.5 Å². The first-order valence-electron chi connectivity index (χ1n) is 9.01. The zero-order chi connectivity index (χ0) is 21.3. The van der Waals surface area contributed by atoms with Crippen molar-refractivity contribution in [3.8, 4) is 0 Å². The van der Waals surface area contributed by atoms with Gasteiger partial charge >= 0.3 is 0 Å². The number of halogens is 2. The minimum atomic E-state index is -4.06. The number of hydrogen-bond donors (Lipinski definition) is 2. The van der Waals surface area contributed by atoms with E-state index in [0.717, 1.165) is 12.1 Å². The number of benzene rings is 2. The molecule has 0 spiro atoms. The first-order valence-corrected chi connectivity index (χ1v) is 10.5. The van der Waals surface area contributed by atoms with E-state index in [-0.39, 0.29) is 23.5 Å². The lowest BCUT2D eigenvalue weighted by Gasteiger charge is -2.23. The fourth-order valence-electron chi connectivity index (χ4n) is 3.11.